The van der Waals surface area contributed by atoms with Crippen LogP contribution in [-0.4, -0.2) is 4.98 Å². The summed E-state index contributed by atoms with van der Waals surface area (Å²) in [4.78, 5) is 4.04. The Balaban J connectivity index is 2.72. The van der Waals surface area contributed by atoms with E-state index in [1.54, 1.807) is 12.3 Å². The van der Waals surface area contributed by atoms with E-state index in [1.807, 2.05) is 24.6 Å². The predicted octanol–water partition coefficient (Wildman–Crippen LogP) is 1.82. The molecule has 0 aliphatic rings. The molecule has 0 aromatic carbocycles. The number of hydrogen-bond donors (Lipinski definition) is 0. The van der Waals surface area contributed by atoms with E-state index < -0.39 is 0 Å². The second-order valence-electron chi connectivity index (χ2n) is 1.66. The van der Waals surface area contributed by atoms with Crippen LogP contribution in [0.25, 0.3) is 0 Å². The van der Waals surface area contributed by atoms with Crippen molar-refractivity contribution in [2.45, 2.75) is 0 Å². The molecular weight excluding hydrogens is 111 g/mol. The van der Waals surface area contributed by atoms with E-state index in [4.69, 9.17) is 0 Å². The van der Waals surface area contributed by atoms with Gasteiger partial charge in [0.1, 0.15) is 0 Å². The van der Waals surface area contributed by atoms with Gasteiger partial charge in [-0.3, -0.25) is 4.98 Å². The van der Waals surface area contributed by atoms with Crippen molar-refractivity contribution in [3.05, 3.63) is 49.2 Å². The highest BCUT2D eigenvalue weighted by Crippen LogP contribution is 1.95. The third-order valence-corrected chi connectivity index (χ3v) is 0.976. The van der Waals surface area contributed by atoms with Crippen molar-refractivity contribution in [2.75, 3.05) is 0 Å². The number of pyridine rings is 1. The third kappa shape index (κ3) is 1.68. The molecule has 1 aromatic rings. The van der Waals surface area contributed by atoms with E-state index in [2.05, 4.69) is 11.6 Å². The van der Waals surface area contributed by atoms with Gasteiger partial charge in [-0.2, -0.15) is 0 Å². The number of nitrogens with zero attached hydrogens (tertiary/aromatic N) is 1. The minimum Gasteiger partial charge on any atom is -0.261 e. The van der Waals surface area contributed by atoms with Crippen molar-refractivity contribution in [3.8, 4) is 0 Å². The average molecular weight is 119 g/mol. The zero-order valence-corrected chi connectivity index (χ0v) is 5.12. The Morgan fingerprint density at radius 3 is 2.89 bits per heavy atom. The van der Waals surface area contributed by atoms with Crippen LogP contribution in [0.2, 0.25) is 0 Å². The van der Waals surface area contributed by atoms with Crippen LogP contribution in [0.4, 0.5) is 0 Å². The van der Waals surface area contributed by atoms with Crippen LogP contribution < -0.4 is 0 Å². The minimum absolute atomic E-state index is 0.951. The third-order valence-electron chi connectivity index (χ3n) is 0.976. The fourth-order valence-corrected chi connectivity index (χ4v) is 0.595. The largest absolute Gasteiger partial charge is 0.261 e. The molecule has 1 heteroatoms. The summed E-state index contributed by atoms with van der Waals surface area (Å²) in [6, 6.07) is 5.77. The Hall–Kier alpha value is -1.11. The molecule has 0 saturated carbocycles. The molecule has 0 amide bonds. The van der Waals surface area contributed by atoms with Crippen LogP contribution in [0.1, 0.15) is 5.69 Å². The Morgan fingerprint density at radius 2 is 2.33 bits per heavy atom. The average Bonchev–Trinajstić information content (AvgIpc) is 1.91. The normalized spacial score (nSPS) is 8.89. The van der Waals surface area contributed by atoms with E-state index >= 15 is 0 Å². The fraction of sp³-hybridized carbons (Fsp3) is 0. The Labute approximate surface area is 55.1 Å². The lowest BCUT2D eigenvalue weighted by molar-refractivity contribution is 1.24. The van der Waals surface area contributed by atoms with Crippen molar-refractivity contribution in [2.24, 2.45) is 0 Å². The molecule has 0 spiro atoms. The van der Waals surface area contributed by atoms with Gasteiger partial charge in [-0.15, -0.1) is 6.58 Å². The van der Waals surface area contributed by atoms with Gasteiger partial charge in [-0.25, -0.2) is 0 Å². The summed E-state index contributed by atoms with van der Waals surface area (Å²) in [5.74, 6) is 0. The summed E-state index contributed by atoms with van der Waals surface area (Å²) in [5, 5.41) is 0. The van der Waals surface area contributed by atoms with E-state index in [0.29, 0.717) is 0 Å². The molecular formula is C8H8N. The second kappa shape index (κ2) is 3.02. The summed E-state index contributed by atoms with van der Waals surface area (Å²) in [6.07, 6.45) is 5.34. The van der Waals surface area contributed by atoms with Gasteiger partial charge >= 0.3 is 0 Å². The van der Waals surface area contributed by atoms with Crippen LogP contribution in [-0.2, 0) is 0 Å². The Morgan fingerprint density at radius 1 is 1.44 bits per heavy atom. The Bertz CT molecular complexity index is 179. The van der Waals surface area contributed by atoms with Crippen LogP contribution in [0.5, 0.6) is 0 Å². The van der Waals surface area contributed by atoms with Gasteiger partial charge < -0.3 is 0 Å². The van der Waals surface area contributed by atoms with Crippen molar-refractivity contribution < 1.29 is 0 Å². The highest BCUT2D eigenvalue weighted by Gasteiger charge is 1.84. The van der Waals surface area contributed by atoms with Crippen LogP contribution in [0.15, 0.2) is 37.1 Å². The van der Waals surface area contributed by atoms with Crippen molar-refractivity contribution in [1.29, 1.82) is 0 Å². The highest BCUT2D eigenvalue weighted by atomic mass is 14.8. The minimum atomic E-state index is 0.951. The summed E-state index contributed by atoms with van der Waals surface area (Å²) < 4.78 is 0. The predicted molar refractivity (Wildman–Crippen MR) is 37.8 cm³/mol. The number of allylic oxidation sites excluding steroid dienone is 1. The Kier molecular flexibility index (Phi) is 2.02. The van der Waals surface area contributed by atoms with Crippen molar-refractivity contribution in [1.82, 2.24) is 4.98 Å². The summed E-state index contributed by atoms with van der Waals surface area (Å²) in [5.41, 5.74) is 0.951. The first-order valence-electron chi connectivity index (χ1n) is 2.80. The number of hydrogen-bond acceptors (Lipinski definition) is 1. The zero-order valence-electron chi connectivity index (χ0n) is 5.12. The second-order valence-corrected chi connectivity index (χ2v) is 1.66. The van der Waals surface area contributed by atoms with E-state index in [1.165, 1.54) is 0 Å². The lowest BCUT2D eigenvalue weighted by Crippen LogP contribution is -1.80. The molecule has 0 unspecified atom stereocenters. The molecule has 0 fully saturated rings. The van der Waals surface area contributed by atoms with Crippen LogP contribution >= 0.6 is 0 Å². The molecule has 1 radical (unpaired) electrons. The standard InChI is InChI=1S/C8H8N/c1-2-5-8-6-3-4-7-9-8/h2-7H,1H2/i8+1. The van der Waals surface area contributed by atoms with E-state index in [9.17, 15) is 0 Å². The molecule has 1 aromatic heterocycles. The van der Waals surface area contributed by atoms with Gasteiger partial charge in [0.25, 0.3) is 0 Å². The van der Waals surface area contributed by atoms with Gasteiger partial charge in [0.05, 0.1) is 0 Å². The first-order chi connectivity index (χ1) is 4.43. The molecule has 45 valence electrons. The SMILES string of the molecule is C=C[CH][13c]1ccccn1. The molecule has 0 bridgehead atoms. The lowest BCUT2D eigenvalue weighted by atomic mass is 10.5. The van der Waals surface area contributed by atoms with E-state index in [0.717, 1.165) is 5.69 Å². The number of aromatic nitrogens is 1. The first kappa shape index (κ1) is 6.02. The van der Waals surface area contributed by atoms with Gasteiger partial charge in [0, 0.05) is 18.3 Å². The molecule has 0 N–H and O–H groups in total. The summed E-state index contributed by atoms with van der Waals surface area (Å²) >= 11 is 0. The van der Waals surface area contributed by atoms with Crippen LogP contribution in [0, 0.1) is 6.42 Å². The summed E-state index contributed by atoms with van der Waals surface area (Å²) in [7, 11) is 0. The molecule has 0 aliphatic heterocycles. The fourth-order valence-electron chi connectivity index (χ4n) is 0.595. The quantitative estimate of drug-likeness (QED) is 0.578. The van der Waals surface area contributed by atoms with Crippen molar-refractivity contribution in [3.63, 3.8) is 0 Å². The van der Waals surface area contributed by atoms with Gasteiger partial charge in [-0.05, 0) is 12.1 Å². The highest BCUT2D eigenvalue weighted by molar-refractivity contribution is 5.18. The number of rotatable bonds is 2. The maximum Gasteiger partial charge on any atom is 0.0481 e. The molecule has 1 nitrogen and oxygen atoms in total. The topological polar surface area (TPSA) is 12.9 Å². The molecule has 0 atom stereocenters. The monoisotopic (exact) mass is 119 g/mol. The maximum absolute atomic E-state index is 4.04. The van der Waals surface area contributed by atoms with Crippen molar-refractivity contribution >= 4 is 0 Å². The molecule has 0 saturated heterocycles. The van der Waals surface area contributed by atoms with Gasteiger partial charge in [-0.1, -0.05) is 12.1 Å². The van der Waals surface area contributed by atoms with Crippen LogP contribution in [0.3, 0.4) is 0 Å². The van der Waals surface area contributed by atoms with E-state index in [-0.39, 0.29) is 0 Å². The molecule has 1 heterocycles. The molecule has 1 rings (SSSR count). The maximum atomic E-state index is 4.04. The van der Waals surface area contributed by atoms with Gasteiger partial charge in [0.2, 0.25) is 0 Å². The molecule has 0 aliphatic carbocycles. The van der Waals surface area contributed by atoms with Gasteiger partial charge in [0.15, 0.2) is 0 Å². The smallest absolute Gasteiger partial charge is 0.0481 e. The lowest BCUT2D eigenvalue weighted by Gasteiger charge is -1.89. The summed E-state index contributed by atoms with van der Waals surface area (Å²) in [6.45, 7) is 3.56. The molecule has 9 heavy (non-hydrogen) atoms. The first-order valence-corrected chi connectivity index (χ1v) is 2.80. The zero-order chi connectivity index (χ0) is 6.53.